The van der Waals surface area contributed by atoms with Crippen LogP contribution in [0.4, 0.5) is 0 Å². The number of rotatable bonds is 9. The van der Waals surface area contributed by atoms with Crippen molar-refractivity contribution in [3.8, 4) is 5.75 Å². The lowest BCUT2D eigenvalue weighted by molar-refractivity contribution is 0.0525. The fourth-order valence-electron chi connectivity index (χ4n) is 2.93. The molecule has 146 valence electrons. The predicted octanol–water partition coefficient (Wildman–Crippen LogP) is 3.39. The minimum atomic E-state index is -0.403. The van der Waals surface area contributed by atoms with Gasteiger partial charge in [0.05, 0.1) is 23.9 Å². The summed E-state index contributed by atoms with van der Waals surface area (Å²) >= 11 is 0. The summed E-state index contributed by atoms with van der Waals surface area (Å²) in [6.07, 6.45) is 0. The lowest BCUT2D eigenvalue weighted by Crippen LogP contribution is -2.38. The number of para-hydroxylation sites is 1. The number of ether oxygens (including phenoxy) is 2. The fourth-order valence-corrected chi connectivity index (χ4v) is 2.93. The first kappa shape index (κ1) is 20.7. The van der Waals surface area contributed by atoms with Gasteiger partial charge < -0.3 is 14.5 Å². The molecule has 6 heteroatoms. The van der Waals surface area contributed by atoms with Crippen LogP contribution in [0.1, 0.15) is 46.0 Å². The van der Waals surface area contributed by atoms with Gasteiger partial charge in [-0.2, -0.15) is 0 Å². The molecule has 2 aromatic rings. The molecule has 1 N–H and O–H groups in total. The van der Waals surface area contributed by atoms with Crippen LogP contribution < -0.4 is 4.74 Å². The fraction of sp³-hybridized carbons (Fsp3) is 0.429. The van der Waals surface area contributed by atoms with Crippen LogP contribution in [0.5, 0.6) is 5.75 Å². The summed E-state index contributed by atoms with van der Waals surface area (Å²) < 4.78 is 10.8. The summed E-state index contributed by atoms with van der Waals surface area (Å²) in [5.74, 6) is 0.341. The van der Waals surface area contributed by atoms with E-state index >= 15 is 0 Å². The first-order valence-corrected chi connectivity index (χ1v) is 9.15. The normalized spacial score (nSPS) is 12.1. The van der Waals surface area contributed by atoms with Crippen molar-refractivity contribution in [3.63, 3.8) is 0 Å². The molecule has 0 spiro atoms. The van der Waals surface area contributed by atoms with Gasteiger partial charge in [0.25, 0.3) is 0 Å². The number of aryl methyl sites for hydroxylation is 1. The number of esters is 1. The van der Waals surface area contributed by atoms with Crippen LogP contribution in [-0.2, 0) is 4.74 Å². The predicted molar refractivity (Wildman–Crippen MR) is 105 cm³/mol. The average Bonchev–Trinajstić information content (AvgIpc) is 2.95. The highest BCUT2D eigenvalue weighted by Gasteiger charge is 2.27. The van der Waals surface area contributed by atoms with Gasteiger partial charge in [-0.25, -0.2) is 4.79 Å². The maximum atomic E-state index is 12.9. The van der Waals surface area contributed by atoms with E-state index in [2.05, 4.69) is 4.98 Å². The van der Waals surface area contributed by atoms with Crippen molar-refractivity contribution < 1.29 is 19.1 Å². The van der Waals surface area contributed by atoms with Crippen LogP contribution >= 0.6 is 0 Å². The largest absolute Gasteiger partial charge is 0.492 e. The van der Waals surface area contributed by atoms with Gasteiger partial charge in [-0.3, -0.25) is 9.69 Å². The van der Waals surface area contributed by atoms with Crippen LogP contribution in [0.2, 0.25) is 0 Å². The lowest BCUT2D eigenvalue weighted by Gasteiger charge is -2.23. The highest BCUT2D eigenvalue weighted by Crippen LogP contribution is 2.21. The maximum absolute atomic E-state index is 12.9. The second kappa shape index (κ2) is 9.37. The van der Waals surface area contributed by atoms with Crippen molar-refractivity contribution >= 4 is 11.8 Å². The van der Waals surface area contributed by atoms with Gasteiger partial charge >= 0.3 is 5.97 Å². The SMILES string of the molecule is CCOC(=O)c1c(C)[nH]c(C(=O)C(C)N(C)CCOc2ccccc2)c1C. The molecule has 0 aliphatic carbocycles. The van der Waals surface area contributed by atoms with Crippen molar-refractivity contribution in [1.82, 2.24) is 9.88 Å². The molecule has 2 rings (SSSR count). The van der Waals surface area contributed by atoms with E-state index in [1.54, 1.807) is 20.8 Å². The molecule has 0 radical (unpaired) electrons. The van der Waals surface area contributed by atoms with E-state index in [4.69, 9.17) is 9.47 Å². The number of hydrogen-bond donors (Lipinski definition) is 1. The molecule has 1 unspecified atom stereocenters. The van der Waals surface area contributed by atoms with E-state index in [0.717, 1.165) is 5.75 Å². The number of hydrogen-bond acceptors (Lipinski definition) is 5. The Bertz CT molecular complexity index is 783. The van der Waals surface area contributed by atoms with Crippen LogP contribution in [0.15, 0.2) is 30.3 Å². The van der Waals surface area contributed by atoms with Crippen molar-refractivity contribution in [2.45, 2.75) is 33.7 Å². The minimum absolute atomic E-state index is 0.0617. The van der Waals surface area contributed by atoms with Gasteiger partial charge in [0.15, 0.2) is 5.78 Å². The molecule has 1 heterocycles. The smallest absolute Gasteiger partial charge is 0.340 e. The third kappa shape index (κ3) is 4.98. The number of ketones is 1. The van der Waals surface area contributed by atoms with Crippen LogP contribution in [0.3, 0.4) is 0 Å². The van der Waals surface area contributed by atoms with Crippen molar-refractivity contribution in [1.29, 1.82) is 0 Å². The molecule has 0 fully saturated rings. The zero-order valence-electron chi connectivity index (χ0n) is 16.7. The highest BCUT2D eigenvalue weighted by atomic mass is 16.5. The number of aromatic amines is 1. The minimum Gasteiger partial charge on any atom is -0.492 e. The van der Waals surface area contributed by atoms with Gasteiger partial charge in [0, 0.05) is 12.2 Å². The van der Waals surface area contributed by atoms with E-state index in [9.17, 15) is 9.59 Å². The molecule has 0 aliphatic rings. The summed E-state index contributed by atoms with van der Waals surface area (Å²) in [6, 6.07) is 9.22. The Kier molecular flexibility index (Phi) is 7.19. The van der Waals surface area contributed by atoms with E-state index in [1.807, 2.05) is 49.2 Å². The van der Waals surface area contributed by atoms with Gasteiger partial charge in [0.1, 0.15) is 12.4 Å². The number of benzene rings is 1. The van der Waals surface area contributed by atoms with Crippen LogP contribution in [0, 0.1) is 13.8 Å². The van der Waals surface area contributed by atoms with Gasteiger partial charge in [-0.1, -0.05) is 18.2 Å². The van der Waals surface area contributed by atoms with Crippen LogP contribution in [-0.4, -0.2) is 54.5 Å². The number of nitrogens with zero attached hydrogens (tertiary/aromatic N) is 1. The second-order valence-corrected chi connectivity index (χ2v) is 6.53. The maximum Gasteiger partial charge on any atom is 0.340 e. The number of Topliss-reactive ketones (excluding diaryl/α,β-unsaturated/α-hetero) is 1. The number of carbonyl (C=O) groups excluding carboxylic acids is 2. The number of carbonyl (C=O) groups is 2. The molecule has 27 heavy (non-hydrogen) atoms. The molecular weight excluding hydrogens is 344 g/mol. The van der Waals surface area contributed by atoms with Gasteiger partial charge in [-0.05, 0) is 52.4 Å². The summed E-state index contributed by atoms with van der Waals surface area (Å²) in [5, 5.41) is 0. The van der Waals surface area contributed by atoms with E-state index in [0.29, 0.717) is 42.3 Å². The molecule has 0 amide bonds. The summed E-state index contributed by atoms with van der Waals surface area (Å²) in [4.78, 5) is 30.0. The Morgan fingerprint density at radius 2 is 1.85 bits per heavy atom. The van der Waals surface area contributed by atoms with Crippen molar-refractivity contribution in [2.75, 3.05) is 26.8 Å². The molecule has 0 bridgehead atoms. The van der Waals surface area contributed by atoms with Gasteiger partial charge in [0.2, 0.25) is 0 Å². The van der Waals surface area contributed by atoms with E-state index < -0.39 is 5.97 Å². The third-order valence-electron chi connectivity index (χ3n) is 4.66. The molecule has 0 aliphatic heterocycles. The van der Waals surface area contributed by atoms with Crippen LogP contribution in [0.25, 0.3) is 0 Å². The van der Waals surface area contributed by atoms with Gasteiger partial charge in [-0.15, -0.1) is 0 Å². The molecule has 0 saturated heterocycles. The zero-order valence-corrected chi connectivity index (χ0v) is 16.7. The van der Waals surface area contributed by atoms with E-state index in [1.165, 1.54) is 0 Å². The Morgan fingerprint density at radius 3 is 2.48 bits per heavy atom. The number of nitrogens with one attached hydrogen (secondary N) is 1. The molecule has 6 nitrogen and oxygen atoms in total. The first-order valence-electron chi connectivity index (χ1n) is 9.15. The molecule has 1 aromatic heterocycles. The molecule has 1 aromatic carbocycles. The Balaban J connectivity index is 2.01. The van der Waals surface area contributed by atoms with E-state index in [-0.39, 0.29) is 11.8 Å². The monoisotopic (exact) mass is 372 g/mol. The third-order valence-corrected chi connectivity index (χ3v) is 4.66. The number of H-pyrrole nitrogens is 1. The second-order valence-electron chi connectivity index (χ2n) is 6.53. The Hall–Kier alpha value is -2.60. The standard InChI is InChI=1S/C21H28N2O4/c1-6-26-21(25)18-14(2)19(22-15(18)3)20(24)16(4)23(5)12-13-27-17-10-8-7-9-11-17/h7-11,16,22H,6,12-13H2,1-5H3. The summed E-state index contributed by atoms with van der Waals surface area (Å²) in [7, 11) is 1.88. The molecular formula is C21H28N2O4. The average molecular weight is 372 g/mol. The number of likely N-dealkylation sites (N-methyl/N-ethyl adjacent to an activating group) is 1. The summed E-state index contributed by atoms with van der Waals surface area (Å²) in [6.45, 7) is 8.54. The topological polar surface area (TPSA) is 71.6 Å². The Morgan fingerprint density at radius 1 is 1.19 bits per heavy atom. The zero-order chi connectivity index (χ0) is 20.0. The molecule has 1 atom stereocenters. The lowest BCUT2D eigenvalue weighted by atomic mass is 10.0. The molecule has 0 saturated carbocycles. The Labute approximate surface area is 160 Å². The van der Waals surface area contributed by atoms with Crippen molar-refractivity contribution in [3.05, 3.63) is 52.8 Å². The quantitative estimate of drug-likeness (QED) is 0.540. The summed E-state index contributed by atoms with van der Waals surface area (Å²) in [5.41, 5.74) is 2.19. The first-order chi connectivity index (χ1) is 12.9. The number of aromatic nitrogens is 1. The highest BCUT2D eigenvalue weighted by molar-refractivity contribution is 6.03. The van der Waals surface area contributed by atoms with Crippen molar-refractivity contribution in [2.24, 2.45) is 0 Å².